The normalized spacial score (nSPS) is 17.7. The molecule has 0 saturated carbocycles. The first-order valence-corrected chi connectivity index (χ1v) is 12.6. The number of fused-ring (bicyclic) bond motifs is 3. The average Bonchev–Trinajstić information content (AvgIpc) is 3.43. The second-order valence-electron chi connectivity index (χ2n) is 7.68. The molecule has 0 radical (unpaired) electrons. The average molecular weight is 505 g/mol. The van der Waals surface area contributed by atoms with Crippen molar-refractivity contribution in [2.45, 2.75) is 18.9 Å². The van der Waals surface area contributed by atoms with Gasteiger partial charge in [-0.25, -0.2) is 4.99 Å². The van der Waals surface area contributed by atoms with Crippen LogP contribution in [0.3, 0.4) is 0 Å². The number of allylic oxidation sites excluding steroid dienone is 1. The fourth-order valence-corrected chi connectivity index (χ4v) is 6.54. The minimum absolute atomic E-state index is 0.0375. The molecule has 6 heteroatoms. The molecule has 3 heterocycles. The van der Waals surface area contributed by atoms with Gasteiger partial charge in [-0.2, -0.15) is 0 Å². The van der Waals surface area contributed by atoms with Crippen LogP contribution >= 0.6 is 38.6 Å². The van der Waals surface area contributed by atoms with Gasteiger partial charge in [0.1, 0.15) is 0 Å². The molecular formula is C25H17BrN2OS2. The van der Waals surface area contributed by atoms with E-state index in [-0.39, 0.29) is 11.6 Å². The zero-order valence-corrected chi connectivity index (χ0v) is 19.6. The Bertz CT molecular complexity index is 1510. The Morgan fingerprint density at radius 2 is 1.87 bits per heavy atom. The van der Waals surface area contributed by atoms with Crippen LogP contribution in [0.15, 0.2) is 85.9 Å². The van der Waals surface area contributed by atoms with Crippen molar-refractivity contribution < 1.29 is 0 Å². The lowest BCUT2D eigenvalue weighted by Gasteiger charge is -2.30. The molecule has 2 aromatic carbocycles. The first-order chi connectivity index (χ1) is 15.2. The van der Waals surface area contributed by atoms with E-state index in [1.54, 1.807) is 11.3 Å². The Kier molecular flexibility index (Phi) is 4.67. The Morgan fingerprint density at radius 3 is 2.68 bits per heavy atom. The van der Waals surface area contributed by atoms with Gasteiger partial charge < -0.3 is 0 Å². The van der Waals surface area contributed by atoms with Crippen LogP contribution in [-0.2, 0) is 6.42 Å². The van der Waals surface area contributed by atoms with Crippen molar-refractivity contribution in [1.29, 1.82) is 0 Å². The number of hydrogen-bond donors (Lipinski definition) is 0. The summed E-state index contributed by atoms with van der Waals surface area (Å²) in [5.41, 5.74) is 5.89. The van der Waals surface area contributed by atoms with Crippen LogP contribution in [0.5, 0.6) is 0 Å². The summed E-state index contributed by atoms with van der Waals surface area (Å²) >= 11 is 6.66. The van der Waals surface area contributed by atoms with Gasteiger partial charge in [0.2, 0.25) is 0 Å². The molecule has 4 aromatic rings. The number of thiazole rings is 1. The maximum atomic E-state index is 13.6. The SMILES string of the molecule is O=c1/c(=C/c2ccc(Br)cc2)sc2n1[C@H](c1cccs1)C1=C(N=2)c2ccccc2CC1. The Hall–Kier alpha value is -2.54. The molecule has 6 rings (SSSR count). The number of rotatable bonds is 2. The van der Waals surface area contributed by atoms with E-state index in [1.165, 1.54) is 32.9 Å². The van der Waals surface area contributed by atoms with E-state index in [0.717, 1.165) is 37.9 Å². The van der Waals surface area contributed by atoms with Gasteiger partial charge in [0, 0.05) is 14.9 Å². The molecule has 1 aliphatic carbocycles. The van der Waals surface area contributed by atoms with Crippen molar-refractivity contribution >= 4 is 50.4 Å². The summed E-state index contributed by atoms with van der Waals surface area (Å²) in [7, 11) is 0. The van der Waals surface area contributed by atoms with Gasteiger partial charge in [-0.3, -0.25) is 9.36 Å². The van der Waals surface area contributed by atoms with Gasteiger partial charge >= 0.3 is 0 Å². The summed E-state index contributed by atoms with van der Waals surface area (Å²) in [6.07, 6.45) is 3.88. The molecule has 0 saturated heterocycles. The molecule has 2 aliphatic rings. The molecule has 0 fully saturated rings. The lowest BCUT2D eigenvalue weighted by molar-refractivity contribution is 0.593. The lowest BCUT2D eigenvalue weighted by atomic mass is 9.85. The predicted molar refractivity (Wildman–Crippen MR) is 131 cm³/mol. The zero-order valence-electron chi connectivity index (χ0n) is 16.4. The molecule has 0 bridgehead atoms. The zero-order chi connectivity index (χ0) is 20.9. The van der Waals surface area contributed by atoms with Crippen LogP contribution in [0.2, 0.25) is 0 Å². The third kappa shape index (κ3) is 3.21. The second kappa shape index (κ2) is 7.55. The Morgan fingerprint density at radius 1 is 1.03 bits per heavy atom. The van der Waals surface area contributed by atoms with Crippen LogP contribution in [0, 0.1) is 0 Å². The van der Waals surface area contributed by atoms with Gasteiger partial charge in [-0.15, -0.1) is 11.3 Å². The minimum atomic E-state index is -0.0772. The molecule has 0 unspecified atom stereocenters. The topological polar surface area (TPSA) is 34.4 Å². The van der Waals surface area contributed by atoms with Crippen LogP contribution in [0.1, 0.15) is 34.0 Å². The summed E-state index contributed by atoms with van der Waals surface area (Å²) in [6.45, 7) is 0. The molecule has 0 amide bonds. The number of aromatic nitrogens is 1. The molecular weight excluding hydrogens is 488 g/mol. The van der Waals surface area contributed by atoms with Crippen molar-refractivity contribution in [2.24, 2.45) is 4.99 Å². The van der Waals surface area contributed by atoms with Crippen molar-refractivity contribution in [2.75, 3.05) is 0 Å². The minimum Gasteiger partial charge on any atom is -0.271 e. The van der Waals surface area contributed by atoms with Crippen molar-refractivity contribution in [3.05, 3.63) is 117 Å². The van der Waals surface area contributed by atoms with E-state index in [4.69, 9.17) is 4.99 Å². The van der Waals surface area contributed by atoms with Crippen molar-refractivity contribution in [1.82, 2.24) is 4.57 Å². The summed E-state index contributed by atoms with van der Waals surface area (Å²) in [5, 5.41) is 2.09. The molecule has 0 spiro atoms. The predicted octanol–water partition coefficient (Wildman–Crippen LogP) is 5.14. The largest absolute Gasteiger partial charge is 0.271 e. The van der Waals surface area contributed by atoms with E-state index < -0.39 is 0 Å². The highest BCUT2D eigenvalue weighted by Gasteiger charge is 2.32. The number of hydrogen-bond acceptors (Lipinski definition) is 4. The number of nitrogens with zero attached hydrogens (tertiary/aromatic N) is 2. The van der Waals surface area contributed by atoms with Crippen LogP contribution in [0.4, 0.5) is 0 Å². The number of thiophene rings is 1. The van der Waals surface area contributed by atoms with E-state index in [9.17, 15) is 4.79 Å². The van der Waals surface area contributed by atoms with E-state index in [0.29, 0.717) is 0 Å². The second-order valence-corrected chi connectivity index (χ2v) is 10.6. The van der Waals surface area contributed by atoms with Crippen molar-refractivity contribution in [3.8, 4) is 0 Å². The molecule has 0 N–H and O–H groups in total. The van der Waals surface area contributed by atoms with E-state index in [2.05, 4.69) is 57.7 Å². The van der Waals surface area contributed by atoms with Crippen LogP contribution in [-0.4, -0.2) is 4.57 Å². The molecule has 3 nitrogen and oxygen atoms in total. The molecule has 1 atom stereocenters. The Labute approximate surface area is 195 Å². The smallest absolute Gasteiger partial charge is 0.271 e. The van der Waals surface area contributed by atoms with Gasteiger partial charge in [0.15, 0.2) is 4.80 Å². The van der Waals surface area contributed by atoms with Gasteiger partial charge in [0.25, 0.3) is 5.56 Å². The summed E-state index contributed by atoms with van der Waals surface area (Å²) in [5.74, 6) is 0. The standard InChI is InChI=1S/C25H17BrN2OS2/c26-17-10-7-15(8-11-17)14-21-24(29)28-23(20-6-3-13-30-20)19-12-9-16-4-1-2-5-18(16)22(19)27-25(28)31-21/h1-8,10-11,13-14,23H,9,12H2/b21-14-/t23-/m0/s1. The highest BCUT2D eigenvalue weighted by Crippen LogP contribution is 2.42. The third-order valence-corrected chi connectivity index (χ3v) is 8.29. The number of benzene rings is 2. The third-order valence-electron chi connectivity index (χ3n) is 5.85. The first-order valence-electron chi connectivity index (χ1n) is 10.1. The van der Waals surface area contributed by atoms with Gasteiger partial charge in [-0.05, 0) is 59.2 Å². The molecule has 152 valence electrons. The summed E-state index contributed by atoms with van der Waals surface area (Å²) in [6, 6.07) is 20.7. The maximum absolute atomic E-state index is 13.6. The molecule has 1 aliphatic heterocycles. The highest BCUT2D eigenvalue weighted by molar-refractivity contribution is 9.10. The maximum Gasteiger partial charge on any atom is 0.271 e. The van der Waals surface area contributed by atoms with Crippen LogP contribution in [0.25, 0.3) is 11.8 Å². The summed E-state index contributed by atoms with van der Waals surface area (Å²) < 4.78 is 3.65. The number of aryl methyl sites for hydroxylation is 1. The van der Waals surface area contributed by atoms with E-state index >= 15 is 0 Å². The fraction of sp³-hybridized carbons (Fsp3) is 0.120. The highest BCUT2D eigenvalue weighted by atomic mass is 79.9. The van der Waals surface area contributed by atoms with Crippen molar-refractivity contribution in [3.63, 3.8) is 0 Å². The van der Waals surface area contributed by atoms with Crippen LogP contribution < -0.4 is 14.9 Å². The van der Waals surface area contributed by atoms with E-state index in [1.807, 2.05) is 34.9 Å². The molecule has 2 aromatic heterocycles. The van der Waals surface area contributed by atoms with Gasteiger partial charge in [0.05, 0.1) is 16.3 Å². The van der Waals surface area contributed by atoms with Gasteiger partial charge in [-0.1, -0.05) is 69.7 Å². The fourth-order valence-electron chi connectivity index (χ4n) is 4.43. The number of halogens is 1. The quantitative estimate of drug-likeness (QED) is 0.372. The lowest BCUT2D eigenvalue weighted by Crippen LogP contribution is -2.38. The first kappa shape index (κ1) is 19.2. The Balaban J connectivity index is 1.62. The molecule has 31 heavy (non-hydrogen) atoms. The monoisotopic (exact) mass is 504 g/mol. The summed E-state index contributed by atoms with van der Waals surface area (Å²) in [4.78, 5) is 20.6.